The third kappa shape index (κ3) is 3.95. The van der Waals surface area contributed by atoms with Crippen LogP contribution in [0.4, 0.5) is 17.1 Å². The number of para-hydroxylation sites is 3. The molecule has 5 nitrogen and oxygen atoms in total. The number of anilines is 3. The van der Waals surface area contributed by atoms with Gasteiger partial charge < -0.3 is 15.0 Å². The molecule has 26 heavy (non-hydrogen) atoms. The topological polar surface area (TPSA) is 54.5 Å². The van der Waals surface area contributed by atoms with Crippen LogP contribution in [-0.4, -0.2) is 25.0 Å². The van der Waals surface area contributed by atoms with Gasteiger partial charge in [0.2, 0.25) is 0 Å². The van der Waals surface area contributed by atoms with Crippen LogP contribution in [0.2, 0.25) is 5.15 Å². The van der Waals surface area contributed by atoms with Crippen molar-refractivity contribution < 1.29 is 9.53 Å². The quantitative estimate of drug-likeness (QED) is 0.660. The van der Waals surface area contributed by atoms with Gasteiger partial charge in [-0.15, -0.1) is 0 Å². The fraction of sp³-hybridized carbons (Fsp3) is 0.100. The molecule has 1 heterocycles. The van der Waals surface area contributed by atoms with Crippen LogP contribution in [0.1, 0.15) is 10.5 Å². The first-order valence-corrected chi connectivity index (χ1v) is 8.37. The molecule has 6 heteroatoms. The van der Waals surface area contributed by atoms with Crippen LogP contribution in [0.5, 0.6) is 5.75 Å². The lowest BCUT2D eigenvalue weighted by Gasteiger charge is -2.18. The molecule has 2 aromatic carbocycles. The van der Waals surface area contributed by atoms with Crippen molar-refractivity contribution in [3.05, 3.63) is 77.6 Å². The second-order valence-corrected chi connectivity index (χ2v) is 5.98. The lowest BCUT2D eigenvalue weighted by molar-refractivity contribution is 0.0988. The molecule has 132 valence electrons. The molecule has 1 amide bonds. The van der Waals surface area contributed by atoms with E-state index in [-0.39, 0.29) is 16.8 Å². The number of amides is 1. The predicted octanol–water partition coefficient (Wildman–Crippen LogP) is 4.76. The number of carbonyl (C=O) groups excluding carboxylic acids is 1. The van der Waals surface area contributed by atoms with Crippen LogP contribution in [0, 0.1) is 0 Å². The Labute approximate surface area is 157 Å². The van der Waals surface area contributed by atoms with E-state index in [9.17, 15) is 4.79 Å². The summed E-state index contributed by atoms with van der Waals surface area (Å²) < 4.78 is 5.34. The molecule has 0 atom stereocenters. The van der Waals surface area contributed by atoms with Gasteiger partial charge in [-0.05, 0) is 36.4 Å². The third-order valence-electron chi connectivity index (χ3n) is 3.85. The summed E-state index contributed by atoms with van der Waals surface area (Å²) in [7, 11) is 3.30. The van der Waals surface area contributed by atoms with Crippen molar-refractivity contribution in [1.29, 1.82) is 0 Å². The van der Waals surface area contributed by atoms with Crippen LogP contribution < -0.4 is 15.0 Å². The van der Waals surface area contributed by atoms with Crippen LogP contribution in [-0.2, 0) is 0 Å². The molecule has 0 radical (unpaired) electrons. The van der Waals surface area contributed by atoms with Gasteiger partial charge in [-0.25, -0.2) is 4.98 Å². The van der Waals surface area contributed by atoms with E-state index in [4.69, 9.17) is 16.3 Å². The summed E-state index contributed by atoms with van der Waals surface area (Å²) in [6, 6.07) is 20.2. The zero-order chi connectivity index (χ0) is 18.5. The van der Waals surface area contributed by atoms with Crippen molar-refractivity contribution in [3.8, 4) is 5.75 Å². The molecule has 1 N–H and O–H groups in total. The molecule has 0 aliphatic rings. The van der Waals surface area contributed by atoms with Gasteiger partial charge in [0.05, 0.1) is 12.8 Å². The summed E-state index contributed by atoms with van der Waals surface area (Å²) in [5, 5.41) is 3.45. The Kier molecular flexibility index (Phi) is 5.39. The second kappa shape index (κ2) is 7.89. The van der Waals surface area contributed by atoms with Gasteiger partial charge in [-0.2, -0.15) is 0 Å². The van der Waals surface area contributed by atoms with Crippen molar-refractivity contribution in [2.75, 3.05) is 24.4 Å². The lowest BCUT2D eigenvalue weighted by atomic mass is 10.2. The first kappa shape index (κ1) is 17.8. The molecular weight excluding hydrogens is 350 g/mol. The first-order chi connectivity index (χ1) is 12.6. The monoisotopic (exact) mass is 367 g/mol. The highest BCUT2D eigenvalue weighted by molar-refractivity contribution is 6.30. The first-order valence-electron chi connectivity index (χ1n) is 7.99. The molecule has 0 saturated carbocycles. The maximum Gasteiger partial charge on any atom is 0.276 e. The number of hydrogen-bond donors (Lipinski definition) is 1. The summed E-state index contributed by atoms with van der Waals surface area (Å²) in [5.41, 5.74) is 2.45. The molecule has 3 aromatic rings. The van der Waals surface area contributed by atoms with E-state index in [1.165, 1.54) is 4.90 Å². The van der Waals surface area contributed by atoms with E-state index in [0.29, 0.717) is 11.4 Å². The Morgan fingerprint density at radius 3 is 2.50 bits per heavy atom. The zero-order valence-electron chi connectivity index (χ0n) is 14.4. The Balaban J connectivity index is 1.89. The number of nitrogens with one attached hydrogen (secondary N) is 1. The Morgan fingerprint density at radius 2 is 1.77 bits per heavy atom. The molecule has 3 rings (SSSR count). The minimum Gasteiger partial charge on any atom is -0.495 e. The van der Waals surface area contributed by atoms with E-state index in [1.54, 1.807) is 26.3 Å². The van der Waals surface area contributed by atoms with E-state index in [0.717, 1.165) is 11.4 Å². The molecule has 1 aromatic heterocycles. The van der Waals surface area contributed by atoms with Crippen LogP contribution >= 0.6 is 11.6 Å². The van der Waals surface area contributed by atoms with Gasteiger partial charge in [-0.3, -0.25) is 4.79 Å². The highest BCUT2D eigenvalue weighted by Crippen LogP contribution is 2.28. The number of ether oxygens (including phenoxy) is 1. The molecule has 0 aliphatic carbocycles. The van der Waals surface area contributed by atoms with Crippen molar-refractivity contribution in [2.24, 2.45) is 0 Å². The highest BCUT2D eigenvalue weighted by atomic mass is 35.5. The van der Waals surface area contributed by atoms with E-state index >= 15 is 0 Å². The SMILES string of the molecule is COc1ccccc1Nc1cc(Cl)nc(C(=O)N(C)c2ccccc2)c1. The number of hydrogen-bond acceptors (Lipinski definition) is 4. The summed E-state index contributed by atoms with van der Waals surface area (Å²) in [6.07, 6.45) is 0. The van der Waals surface area contributed by atoms with E-state index in [1.807, 2.05) is 54.6 Å². The standard InChI is InChI=1S/C20H18ClN3O2/c1-24(15-8-4-3-5-9-15)20(25)17-12-14(13-19(21)23-17)22-16-10-6-7-11-18(16)26-2/h3-13H,1-2H3,(H,22,23). The van der Waals surface area contributed by atoms with Crippen LogP contribution in [0.15, 0.2) is 66.7 Å². The zero-order valence-corrected chi connectivity index (χ0v) is 15.2. The molecule has 0 spiro atoms. The fourth-order valence-electron chi connectivity index (χ4n) is 2.52. The van der Waals surface area contributed by atoms with Gasteiger partial charge in [0.25, 0.3) is 5.91 Å². The molecule has 0 bridgehead atoms. The number of methoxy groups -OCH3 is 1. The van der Waals surface area contributed by atoms with E-state index < -0.39 is 0 Å². The molecule has 0 fully saturated rings. The summed E-state index contributed by atoms with van der Waals surface area (Å²) in [5.74, 6) is 0.441. The third-order valence-corrected chi connectivity index (χ3v) is 4.04. The number of carbonyl (C=O) groups is 1. The number of rotatable bonds is 5. The maximum absolute atomic E-state index is 12.8. The Morgan fingerprint density at radius 1 is 1.08 bits per heavy atom. The lowest BCUT2D eigenvalue weighted by Crippen LogP contribution is -2.27. The van der Waals surface area contributed by atoms with Gasteiger partial charge in [0.15, 0.2) is 0 Å². The number of aromatic nitrogens is 1. The average Bonchev–Trinajstić information content (AvgIpc) is 2.67. The van der Waals surface area contributed by atoms with Gasteiger partial charge >= 0.3 is 0 Å². The van der Waals surface area contributed by atoms with E-state index in [2.05, 4.69) is 10.3 Å². The predicted molar refractivity (Wildman–Crippen MR) is 105 cm³/mol. The normalized spacial score (nSPS) is 10.3. The molecule has 0 saturated heterocycles. The van der Waals surface area contributed by atoms with Crippen molar-refractivity contribution in [1.82, 2.24) is 4.98 Å². The number of pyridine rings is 1. The number of benzene rings is 2. The summed E-state index contributed by atoms with van der Waals surface area (Å²) in [4.78, 5) is 18.5. The summed E-state index contributed by atoms with van der Waals surface area (Å²) in [6.45, 7) is 0. The largest absolute Gasteiger partial charge is 0.495 e. The summed E-state index contributed by atoms with van der Waals surface area (Å²) >= 11 is 6.13. The van der Waals surface area contributed by atoms with Crippen molar-refractivity contribution >= 4 is 34.6 Å². The Hall–Kier alpha value is -3.05. The Bertz CT molecular complexity index is 916. The fourth-order valence-corrected chi connectivity index (χ4v) is 2.73. The smallest absolute Gasteiger partial charge is 0.276 e. The second-order valence-electron chi connectivity index (χ2n) is 5.59. The highest BCUT2D eigenvalue weighted by Gasteiger charge is 2.16. The van der Waals surface area contributed by atoms with Crippen LogP contribution in [0.25, 0.3) is 0 Å². The van der Waals surface area contributed by atoms with Crippen molar-refractivity contribution in [3.63, 3.8) is 0 Å². The number of nitrogens with zero attached hydrogens (tertiary/aromatic N) is 2. The molecular formula is C20H18ClN3O2. The number of halogens is 1. The van der Waals surface area contributed by atoms with Crippen LogP contribution in [0.3, 0.4) is 0 Å². The van der Waals surface area contributed by atoms with Gasteiger partial charge in [0.1, 0.15) is 16.6 Å². The van der Waals surface area contributed by atoms with Gasteiger partial charge in [0, 0.05) is 18.4 Å². The van der Waals surface area contributed by atoms with Crippen molar-refractivity contribution in [2.45, 2.75) is 0 Å². The average molecular weight is 368 g/mol. The maximum atomic E-state index is 12.8. The minimum atomic E-state index is -0.248. The van der Waals surface area contributed by atoms with Gasteiger partial charge in [-0.1, -0.05) is 41.9 Å². The molecule has 0 unspecified atom stereocenters. The minimum absolute atomic E-state index is 0.231. The molecule has 0 aliphatic heterocycles.